The Morgan fingerprint density at radius 2 is 2.67 bits per heavy atom. The van der Waals surface area contributed by atoms with Gasteiger partial charge in [0.2, 0.25) is 5.91 Å². The molecule has 1 N–H and O–H groups in total. The Morgan fingerprint density at radius 1 is 1.89 bits per heavy atom. The summed E-state index contributed by atoms with van der Waals surface area (Å²) in [6.45, 7) is 2.48. The molecule has 0 saturated carbocycles. The molecule has 0 unspecified atom stereocenters. The predicted octanol–water partition coefficient (Wildman–Crippen LogP) is 0.384. The largest absolute Gasteiger partial charge is 0.479 e. The van der Waals surface area contributed by atoms with Crippen LogP contribution in [0.5, 0.6) is 0 Å². The normalized spacial score (nSPS) is 17.0. The molecule has 0 radical (unpaired) electrons. The number of hydrogen-bond donors (Lipinski definition) is 1. The number of amides is 1. The van der Waals surface area contributed by atoms with Crippen molar-refractivity contribution in [2.75, 3.05) is 6.61 Å². The van der Waals surface area contributed by atoms with E-state index in [1.807, 2.05) is 6.92 Å². The first-order valence-electron chi connectivity index (χ1n) is 2.95. The second kappa shape index (κ2) is 2.53. The summed E-state index contributed by atoms with van der Waals surface area (Å²) in [5.41, 5.74) is 0. The molecule has 0 spiro atoms. The zero-order valence-corrected chi connectivity index (χ0v) is 5.31. The maximum Gasteiger partial charge on any atom is 0.230 e. The third-order valence-corrected chi connectivity index (χ3v) is 1.04. The van der Waals surface area contributed by atoms with Crippen molar-refractivity contribution < 1.29 is 9.53 Å². The smallest absolute Gasteiger partial charge is 0.230 e. The van der Waals surface area contributed by atoms with Crippen molar-refractivity contribution >= 4 is 5.91 Å². The highest BCUT2D eigenvalue weighted by Gasteiger charge is 2.10. The van der Waals surface area contributed by atoms with Gasteiger partial charge in [0.15, 0.2) is 5.88 Å². The number of ether oxygens (including phenoxy) is 1. The van der Waals surface area contributed by atoms with Gasteiger partial charge in [-0.15, -0.1) is 0 Å². The zero-order chi connectivity index (χ0) is 6.69. The summed E-state index contributed by atoms with van der Waals surface area (Å²) >= 11 is 0. The van der Waals surface area contributed by atoms with Crippen LogP contribution in [0.3, 0.4) is 0 Å². The van der Waals surface area contributed by atoms with E-state index in [2.05, 4.69) is 5.32 Å². The first-order chi connectivity index (χ1) is 4.33. The van der Waals surface area contributed by atoms with Crippen LogP contribution in [0.2, 0.25) is 0 Å². The predicted molar refractivity (Wildman–Crippen MR) is 32.5 cm³/mol. The summed E-state index contributed by atoms with van der Waals surface area (Å²) in [7, 11) is 0. The average molecular weight is 127 g/mol. The molecule has 50 valence electrons. The molecule has 1 amide bonds. The highest BCUT2D eigenvalue weighted by Crippen LogP contribution is 2.02. The van der Waals surface area contributed by atoms with E-state index in [-0.39, 0.29) is 5.91 Å². The number of carbonyl (C=O) groups is 1. The van der Waals surface area contributed by atoms with Gasteiger partial charge in [-0.1, -0.05) is 0 Å². The first-order valence-corrected chi connectivity index (χ1v) is 2.95. The molecule has 9 heavy (non-hydrogen) atoms. The van der Waals surface area contributed by atoms with Crippen LogP contribution in [0, 0.1) is 0 Å². The van der Waals surface area contributed by atoms with Crippen molar-refractivity contribution in [1.82, 2.24) is 5.32 Å². The van der Waals surface area contributed by atoms with Gasteiger partial charge in [0.05, 0.1) is 13.0 Å². The minimum absolute atomic E-state index is 0.0125. The summed E-state index contributed by atoms with van der Waals surface area (Å²) in [4.78, 5) is 10.5. The molecule has 0 aromatic rings. The lowest BCUT2D eigenvalue weighted by atomic mass is 10.5. The van der Waals surface area contributed by atoms with Gasteiger partial charge >= 0.3 is 0 Å². The van der Waals surface area contributed by atoms with Crippen molar-refractivity contribution in [2.45, 2.75) is 13.3 Å². The first kappa shape index (κ1) is 6.13. The van der Waals surface area contributed by atoms with Crippen LogP contribution in [0.1, 0.15) is 13.3 Å². The number of hydrogen-bond acceptors (Lipinski definition) is 2. The Kier molecular flexibility index (Phi) is 1.72. The Hall–Kier alpha value is -0.990. The summed E-state index contributed by atoms with van der Waals surface area (Å²) in [5.74, 6) is 0.612. The van der Waals surface area contributed by atoms with Gasteiger partial charge < -0.3 is 4.74 Å². The molecular formula is C6H9NO2. The highest BCUT2D eigenvalue weighted by atomic mass is 16.5. The van der Waals surface area contributed by atoms with Gasteiger partial charge in [-0.2, -0.15) is 0 Å². The fourth-order valence-corrected chi connectivity index (χ4v) is 0.675. The molecule has 1 rings (SSSR count). The van der Waals surface area contributed by atoms with Crippen LogP contribution in [0.15, 0.2) is 12.0 Å². The van der Waals surface area contributed by atoms with Gasteiger partial charge in [-0.05, 0) is 13.0 Å². The zero-order valence-electron chi connectivity index (χ0n) is 5.31. The molecule has 1 heterocycles. The fourth-order valence-electron chi connectivity index (χ4n) is 0.675. The van der Waals surface area contributed by atoms with Crippen molar-refractivity contribution in [1.29, 1.82) is 0 Å². The minimum atomic E-state index is 0.0125. The number of nitrogens with one attached hydrogen (secondary N) is 1. The van der Waals surface area contributed by atoms with Gasteiger partial charge in [-0.3, -0.25) is 10.1 Å². The van der Waals surface area contributed by atoms with E-state index in [1.54, 1.807) is 6.08 Å². The molecule has 3 nitrogen and oxygen atoms in total. The topological polar surface area (TPSA) is 38.3 Å². The average Bonchev–Trinajstić information content (AvgIpc) is 2.17. The maximum absolute atomic E-state index is 10.5. The molecule has 1 aliphatic rings. The minimum Gasteiger partial charge on any atom is -0.479 e. The summed E-state index contributed by atoms with van der Waals surface area (Å²) in [6, 6.07) is 0. The van der Waals surface area contributed by atoms with Crippen molar-refractivity contribution in [2.24, 2.45) is 0 Å². The molecule has 1 aliphatic heterocycles. The summed E-state index contributed by atoms with van der Waals surface area (Å²) in [6.07, 6.45) is 2.20. The van der Waals surface area contributed by atoms with E-state index in [9.17, 15) is 4.79 Å². The van der Waals surface area contributed by atoms with E-state index in [4.69, 9.17) is 4.74 Å². The van der Waals surface area contributed by atoms with Crippen LogP contribution in [-0.2, 0) is 9.53 Å². The van der Waals surface area contributed by atoms with E-state index in [0.717, 1.165) is 0 Å². The lowest BCUT2D eigenvalue weighted by molar-refractivity contribution is -0.119. The molecule has 3 heteroatoms. The second-order valence-electron chi connectivity index (χ2n) is 1.75. The van der Waals surface area contributed by atoms with E-state index < -0.39 is 0 Å². The highest BCUT2D eigenvalue weighted by molar-refractivity contribution is 5.81. The maximum atomic E-state index is 10.5. The Labute approximate surface area is 53.7 Å². The van der Waals surface area contributed by atoms with E-state index in [1.165, 1.54) is 0 Å². The Bertz CT molecular complexity index is 151. The molecule has 0 atom stereocenters. The second-order valence-corrected chi connectivity index (χ2v) is 1.75. The monoisotopic (exact) mass is 127 g/mol. The number of rotatable bonds is 2. The summed E-state index contributed by atoms with van der Waals surface area (Å²) in [5, 5.41) is 2.55. The van der Waals surface area contributed by atoms with Gasteiger partial charge in [0.25, 0.3) is 0 Å². The van der Waals surface area contributed by atoms with Crippen LogP contribution in [-0.4, -0.2) is 12.5 Å². The van der Waals surface area contributed by atoms with E-state index in [0.29, 0.717) is 18.9 Å². The van der Waals surface area contributed by atoms with Crippen molar-refractivity contribution in [3.05, 3.63) is 12.0 Å². The van der Waals surface area contributed by atoms with E-state index >= 15 is 0 Å². The van der Waals surface area contributed by atoms with Crippen LogP contribution < -0.4 is 5.32 Å². The molecule has 0 saturated heterocycles. The molecule has 0 aromatic carbocycles. The molecular weight excluding hydrogens is 118 g/mol. The van der Waals surface area contributed by atoms with Crippen molar-refractivity contribution in [3.8, 4) is 0 Å². The number of carbonyl (C=O) groups excluding carboxylic acids is 1. The quantitative estimate of drug-likeness (QED) is 0.582. The van der Waals surface area contributed by atoms with Gasteiger partial charge in [0, 0.05) is 0 Å². The standard InChI is InChI=1S/C6H9NO2/c1-2-9-6-4-3-5(8)7-6/h4H,2-3H2,1H3,(H,7,8). The fraction of sp³-hybridized carbons (Fsp3) is 0.500. The summed E-state index contributed by atoms with van der Waals surface area (Å²) < 4.78 is 5.00. The van der Waals surface area contributed by atoms with Gasteiger partial charge in [-0.25, -0.2) is 0 Å². The molecule has 0 aromatic heterocycles. The van der Waals surface area contributed by atoms with Gasteiger partial charge in [0.1, 0.15) is 0 Å². The third kappa shape index (κ3) is 1.45. The lowest BCUT2D eigenvalue weighted by Crippen LogP contribution is -2.16. The van der Waals surface area contributed by atoms with Crippen molar-refractivity contribution in [3.63, 3.8) is 0 Å². The third-order valence-electron chi connectivity index (χ3n) is 1.04. The molecule has 0 aliphatic carbocycles. The molecule has 0 fully saturated rings. The van der Waals surface area contributed by atoms with Crippen LogP contribution >= 0.6 is 0 Å². The SMILES string of the molecule is CCOC1=CCC(=O)N1. The van der Waals surface area contributed by atoms with Crippen LogP contribution in [0.4, 0.5) is 0 Å². The molecule has 0 bridgehead atoms. The Balaban J connectivity index is 2.36. The Morgan fingerprint density at radius 3 is 3.11 bits per heavy atom. The lowest BCUT2D eigenvalue weighted by Gasteiger charge is -2.01. The van der Waals surface area contributed by atoms with Crippen LogP contribution in [0.25, 0.3) is 0 Å².